The Labute approximate surface area is 252 Å². The molecule has 0 aromatic heterocycles. The first-order valence-corrected chi connectivity index (χ1v) is 14.9. The van der Waals surface area contributed by atoms with Crippen molar-refractivity contribution in [2.45, 2.75) is 145 Å². The van der Waals surface area contributed by atoms with Crippen LogP contribution in [-0.2, 0) is 52.1 Å². The highest BCUT2D eigenvalue weighted by atomic mass is 16.8. The Bertz CT molecular complexity index is 836. The Balaban J connectivity index is 1.35. The van der Waals surface area contributed by atoms with Gasteiger partial charge < -0.3 is 72.5 Å². The van der Waals surface area contributed by atoms with Gasteiger partial charge in [0.2, 0.25) is 0 Å². The monoisotopic (exact) mass is 626 g/mol. The Morgan fingerprint density at radius 1 is 0.535 bits per heavy atom. The number of aliphatic hydroxyl groups is 4. The van der Waals surface area contributed by atoms with Crippen LogP contribution in [0.4, 0.5) is 0 Å². The smallest absolute Gasteiger partial charge is 0.187 e. The molecule has 4 fully saturated rings. The minimum Gasteiger partial charge on any atom is -0.394 e. The third-order valence-electron chi connectivity index (χ3n) is 8.79. The van der Waals surface area contributed by atoms with Crippen LogP contribution in [0.1, 0.15) is 40.0 Å². The lowest BCUT2D eigenvalue weighted by atomic mass is 9.98. The SMILES string of the molecule is CO[C@@H]1C[C@H](OC)[C@@H](O[C@H]2C[C@H](OC)[C@H](O[C@H]3C[C@@H](OC)[C@@H](O[C@@H]4O[C@H](CO)[C@@H](O)[C@H](O)[C@H]4O)[C@@H](C)O3)[C@@H](C)O2)[C@@H](C)O1. The fourth-order valence-corrected chi connectivity index (χ4v) is 6.29. The Kier molecular flexibility index (Phi) is 13.0. The molecule has 43 heavy (non-hydrogen) atoms. The summed E-state index contributed by atoms with van der Waals surface area (Å²) in [5.74, 6) is 0. The van der Waals surface area contributed by atoms with Gasteiger partial charge in [0.15, 0.2) is 25.2 Å². The normalized spacial score (nSPS) is 49.6. The quantitative estimate of drug-likeness (QED) is 0.220. The molecule has 15 heteroatoms. The molecular formula is C28H50O15. The van der Waals surface area contributed by atoms with Crippen LogP contribution < -0.4 is 0 Å². The number of aliphatic hydroxyl groups excluding tert-OH is 4. The van der Waals surface area contributed by atoms with E-state index in [9.17, 15) is 20.4 Å². The van der Waals surface area contributed by atoms with Gasteiger partial charge in [-0.2, -0.15) is 0 Å². The molecule has 4 rings (SSSR count). The van der Waals surface area contributed by atoms with Crippen molar-refractivity contribution < 1.29 is 72.5 Å². The van der Waals surface area contributed by atoms with Crippen LogP contribution in [0.25, 0.3) is 0 Å². The zero-order valence-electron chi connectivity index (χ0n) is 25.9. The van der Waals surface area contributed by atoms with E-state index in [0.29, 0.717) is 12.8 Å². The van der Waals surface area contributed by atoms with E-state index in [4.69, 9.17) is 52.1 Å². The number of hydrogen-bond acceptors (Lipinski definition) is 15. The van der Waals surface area contributed by atoms with Crippen LogP contribution in [0.3, 0.4) is 0 Å². The highest BCUT2D eigenvalue weighted by Gasteiger charge is 2.49. The third kappa shape index (κ3) is 8.04. The highest BCUT2D eigenvalue weighted by molar-refractivity contribution is 4.92. The van der Waals surface area contributed by atoms with Gasteiger partial charge in [0.1, 0.15) is 42.7 Å². The number of methoxy groups -OCH3 is 4. The van der Waals surface area contributed by atoms with Crippen molar-refractivity contribution in [3.8, 4) is 0 Å². The topological polar surface area (TPSA) is 182 Å². The first kappa shape index (κ1) is 35.3. The van der Waals surface area contributed by atoms with Crippen molar-refractivity contribution in [2.24, 2.45) is 0 Å². The molecule has 0 amide bonds. The fraction of sp³-hybridized carbons (Fsp3) is 1.00. The summed E-state index contributed by atoms with van der Waals surface area (Å²) < 4.78 is 65.1. The molecule has 0 aromatic carbocycles. The average Bonchev–Trinajstić information content (AvgIpc) is 3.00. The van der Waals surface area contributed by atoms with Crippen molar-refractivity contribution in [1.29, 1.82) is 0 Å². The highest BCUT2D eigenvalue weighted by Crippen LogP contribution is 2.35. The summed E-state index contributed by atoms with van der Waals surface area (Å²) in [6.07, 6.45) is -11.4. The van der Waals surface area contributed by atoms with Gasteiger partial charge >= 0.3 is 0 Å². The van der Waals surface area contributed by atoms with Gasteiger partial charge in [-0.3, -0.25) is 0 Å². The van der Waals surface area contributed by atoms with Gasteiger partial charge in [0.05, 0.1) is 43.2 Å². The van der Waals surface area contributed by atoms with Gasteiger partial charge in [-0.15, -0.1) is 0 Å². The number of rotatable bonds is 11. The minimum atomic E-state index is -1.56. The van der Waals surface area contributed by atoms with E-state index in [1.807, 2.05) is 13.8 Å². The van der Waals surface area contributed by atoms with E-state index in [-0.39, 0.29) is 37.1 Å². The molecule has 0 bridgehead atoms. The third-order valence-corrected chi connectivity index (χ3v) is 8.79. The van der Waals surface area contributed by atoms with Gasteiger partial charge in [-0.25, -0.2) is 0 Å². The summed E-state index contributed by atoms with van der Waals surface area (Å²) in [6.45, 7) is 5.00. The van der Waals surface area contributed by atoms with E-state index in [1.165, 1.54) is 7.11 Å². The van der Waals surface area contributed by atoms with E-state index in [0.717, 1.165) is 0 Å². The maximum absolute atomic E-state index is 10.4. The molecule has 0 unspecified atom stereocenters. The number of ether oxygens (including phenoxy) is 11. The average molecular weight is 627 g/mol. The van der Waals surface area contributed by atoms with Gasteiger partial charge in [0.25, 0.3) is 0 Å². The predicted molar refractivity (Wildman–Crippen MR) is 145 cm³/mol. The van der Waals surface area contributed by atoms with Crippen LogP contribution in [-0.4, -0.2) is 160 Å². The molecule has 4 aliphatic rings. The molecule has 15 nitrogen and oxygen atoms in total. The predicted octanol–water partition coefficient (Wildman–Crippen LogP) is -0.962. The summed E-state index contributed by atoms with van der Waals surface area (Å²) in [5, 5.41) is 40.2. The van der Waals surface area contributed by atoms with Gasteiger partial charge in [0, 0.05) is 47.7 Å². The summed E-state index contributed by atoms with van der Waals surface area (Å²) in [5.41, 5.74) is 0. The molecule has 17 atom stereocenters. The summed E-state index contributed by atoms with van der Waals surface area (Å²) in [4.78, 5) is 0. The maximum atomic E-state index is 10.4. The fourth-order valence-electron chi connectivity index (χ4n) is 6.29. The lowest BCUT2D eigenvalue weighted by molar-refractivity contribution is -0.356. The zero-order valence-corrected chi connectivity index (χ0v) is 25.9. The molecule has 4 heterocycles. The molecule has 4 N–H and O–H groups in total. The molecule has 0 spiro atoms. The molecule has 0 aliphatic carbocycles. The van der Waals surface area contributed by atoms with Crippen LogP contribution in [0.2, 0.25) is 0 Å². The van der Waals surface area contributed by atoms with E-state index < -0.39 is 80.4 Å². The van der Waals surface area contributed by atoms with E-state index >= 15 is 0 Å². The lowest BCUT2D eigenvalue weighted by Gasteiger charge is -2.47. The van der Waals surface area contributed by atoms with Crippen molar-refractivity contribution in [3.05, 3.63) is 0 Å². The van der Waals surface area contributed by atoms with E-state index in [2.05, 4.69) is 0 Å². The summed E-state index contributed by atoms with van der Waals surface area (Å²) >= 11 is 0. The summed E-state index contributed by atoms with van der Waals surface area (Å²) in [6, 6.07) is 0. The first-order valence-electron chi connectivity index (χ1n) is 14.9. The standard InChI is InChI=1S/C28H50O15/c1-12-25(15(33-4)8-19(36-7)37-12)41-20-9-16(34-5)26(13(2)38-20)42-21-10-17(35-6)27(14(3)39-21)43-28-24(32)23(31)22(30)18(11-29)40-28/h12-32H,8-11H2,1-7H3/t12-,13-,14-,15+,16+,17-,18-,19+,20+,21+,22-,23+,24-,25+,26-,27+,28+/m1/s1. The second-order valence-electron chi connectivity index (χ2n) is 11.6. The van der Waals surface area contributed by atoms with E-state index in [1.54, 1.807) is 28.3 Å². The van der Waals surface area contributed by atoms with Gasteiger partial charge in [-0.1, -0.05) is 0 Å². The molecular weight excluding hydrogens is 576 g/mol. The van der Waals surface area contributed by atoms with Crippen LogP contribution in [0.15, 0.2) is 0 Å². The minimum absolute atomic E-state index is 0.233. The maximum Gasteiger partial charge on any atom is 0.187 e. The Hall–Kier alpha value is -0.600. The van der Waals surface area contributed by atoms with Crippen LogP contribution >= 0.6 is 0 Å². The van der Waals surface area contributed by atoms with Crippen LogP contribution in [0.5, 0.6) is 0 Å². The van der Waals surface area contributed by atoms with Gasteiger partial charge in [-0.05, 0) is 20.8 Å². The molecule has 4 aliphatic heterocycles. The second kappa shape index (κ2) is 15.8. The molecule has 0 radical (unpaired) electrons. The summed E-state index contributed by atoms with van der Waals surface area (Å²) in [7, 11) is 6.36. The lowest BCUT2D eigenvalue weighted by Crippen LogP contribution is -2.62. The largest absolute Gasteiger partial charge is 0.394 e. The molecule has 0 aromatic rings. The second-order valence-corrected chi connectivity index (χ2v) is 11.6. The van der Waals surface area contributed by atoms with Crippen molar-refractivity contribution in [1.82, 2.24) is 0 Å². The molecule has 4 saturated heterocycles. The van der Waals surface area contributed by atoms with Crippen molar-refractivity contribution >= 4 is 0 Å². The first-order chi connectivity index (χ1) is 20.5. The Morgan fingerprint density at radius 2 is 0.953 bits per heavy atom. The van der Waals surface area contributed by atoms with Crippen molar-refractivity contribution in [2.75, 3.05) is 35.0 Å². The Morgan fingerprint density at radius 3 is 1.37 bits per heavy atom. The van der Waals surface area contributed by atoms with Crippen LogP contribution in [0, 0.1) is 0 Å². The van der Waals surface area contributed by atoms with Crippen molar-refractivity contribution in [3.63, 3.8) is 0 Å². The number of hydrogen-bond donors (Lipinski definition) is 4. The molecule has 0 saturated carbocycles. The molecule has 252 valence electrons. The zero-order chi connectivity index (χ0) is 31.4.